The molecule has 0 aromatic carbocycles. The molecule has 0 aliphatic heterocycles. The Balaban J connectivity index is 2.27. The molecular formula is C13H12BrClF3N5O. The number of alkyl halides is 3. The van der Waals surface area contributed by atoms with Crippen LogP contribution in [-0.2, 0) is 11.0 Å². The zero-order chi connectivity index (χ0) is 17.9. The molecule has 1 N–H and O–H groups in total. The van der Waals surface area contributed by atoms with Gasteiger partial charge >= 0.3 is 6.18 Å². The number of halogens is 5. The summed E-state index contributed by atoms with van der Waals surface area (Å²) in [5.74, 6) is -0.390. The highest BCUT2D eigenvalue weighted by Crippen LogP contribution is 2.34. The van der Waals surface area contributed by atoms with Crippen LogP contribution in [0.4, 0.5) is 19.0 Å². The SMILES string of the molecule is CCCC(C(=O)Nc1cc(Cl)ncn1)n1cc(Br)c(C(F)(F)F)n1. The van der Waals surface area contributed by atoms with Gasteiger partial charge in [0.15, 0.2) is 5.69 Å². The summed E-state index contributed by atoms with van der Waals surface area (Å²) in [5.41, 5.74) is -1.08. The van der Waals surface area contributed by atoms with Gasteiger partial charge in [-0.15, -0.1) is 0 Å². The highest BCUT2D eigenvalue weighted by Gasteiger charge is 2.37. The van der Waals surface area contributed by atoms with Crippen molar-refractivity contribution in [2.45, 2.75) is 32.0 Å². The Morgan fingerprint density at radius 1 is 1.46 bits per heavy atom. The summed E-state index contributed by atoms with van der Waals surface area (Å²) in [4.78, 5) is 19.9. The Hall–Kier alpha value is -1.68. The normalized spacial score (nSPS) is 12.9. The molecule has 2 rings (SSSR count). The van der Waals surface area contributed by atoms with Crippen molar-refractivity contribution in [2.24, 2.45) is 0 Å². The van der Waals surface area contributed by atoms with Crippen molar-refractivity contribution in [3.63, 3.8) is 0 Å². The number of nitrogens with one attached hydrogen (secondary N) is 1. The average molecular weight is 427 g/mol. The summed E-state index contributed by atoms with van der Waals surface area (Å²) in [6.45, 7) is 1.81. The average Bonchev–Trinajstić information content (AvgIpc) is 2.86. The van der Waals surface area contributed by atoms with Gasteiger partial charge in [0.25, 0.3) is 0 Å². The van der Waals surface area contributed by atoms with E-state index in [1.807, 2.05) is 6.92 Å². The van der Waals surface area contributed by atoms with Gasteiger partial charge in [-0.1, -0.05) is 24.9 Å². The molecule has 0 aliphatic rings. The zero-order valence-corrected chi connectivity index (χ0v) is 14.7. The zero-order valence-electron chi connectivity index (χ0n) is 12.3. The van der Waals surface area contributed by atoms with E-state index in [2.05, 4.69) is 36.3 Å². The lowest BCUT2D eigenvalue weighted by molar-refractivity contribution is -0.142. The van der Waals surface area contributed by atoms with E-state index in [0.29, 0.717) is 12.8 Å². The first-order chi connectivity index (χ1) is 11.2. The third kappa shape index (κ3) is 4.44. The van der Waals surface area contributed by atoms with Crippen LogP contribution in [0.5, 0.6) is 0 Å². The van der Waals surface area contributed by atoms with Gasteiger partial charge in [-0.25, -0.2) is 9.97 Å². The molecule has 0 saturated heterocycles. The highest BCUT2D eigenvalue weighted by atomic mass is 79.9. The summed E-state index contributed by atoms with van der Waals surface area (Å²) in [6, 6.07) is 0.416. The standard InChI is InChI=1S/C13H12BrClF3N5O/c1-2-3-8(12(24)21-10-4-9(15)19-6-20-10)23-5-7(14)11(22-23)13(16,17)18/h4-6,8H,2-3H2,1H3,(H,19,20,21,24). The first-order valence-electron chi connectivity index (χ1n) is 6.82. The van der Waals surface area contributed by atoms with Crippen LogP contribution in [-0.4, -0.2) is 25.7 Å². The molecule has 0 bridgehead atoms. The quantitative estimate of drug-likeness (QED) is 0.731. The van der Waals surface area contributed by atoms with E-state index >= 15 is 0 Å². The lowest BCUT2D eigenvalue weighted by Crippen LogP contribution is -2.27. The van der Waals surface area contributed by atoms with E-state index in [4.69, 9.17) is 11.6 Å². The minimum absolute atomic E-state index is 0.133. The van der Waals surface area contributed by atoms with Gasteiger partial charge in [-0.05, 0) is 22.4 Å². The largest absolute Gasteiger partial charge is 0.436 e. The molecule has 1 amide bonds. The number of nitrogens with zero attached hydrogens (tertiary/aromatic N) is 4. The van der Waals surface area contributed by atoms with E-state index < -0.39 is 23.8 Å². The van der Waals surface area contributed by atoms with E-state index in [9.17, 15) is 18.0 Å². The molecule has 6 nitrogen and oxygen atoms in total. The van der Waals surface area contributed by atoms with Crippen molar-refractivity contribution in [3.8, 4) is 0 Å². The van der Waals surface area contributed by atoms with Crippen LogP contribution < -0.4 is 5.32 Å². The molecule has 2 aromatic rings. The fourth-order valence-corrected chi connectivity index (χ4v) is 2.65. The molecule has 130 valence electrons. The molecule has 2 aromatic heterocycles. The highest BCUT2D eigenvalue weighted by molar-refractivity contribution is 9.10. The predicted molar refractivity (Wildman–Crippen MR) is 84.5 cm³/mol. The van der Waals surface area contributed by atoms with Crippen molar-refractivity contribution in [3.05, 3.63) is 33.9 Å². The summed E-state index contributed by atoms with van der Waals surface area (Å²) in [7, 11) is 0. The Morgan fingerprint density at radius 2 is 2.17 bits per heavy atom. The molecule has 0 fully saturated rings. The van der Waals surface area contributed by atoms with Crippen LogP contribution in [0.2, 0.25) is 5.15 Å². The number of aromatic nitrogens is 4. The van der Waals surface area contributed by atoms with Crippen molar-refractivity contribution in [1.29, 1.82) is 0 Å². The fraction of sp³-hybridized carbons (Fsp3) is 0.385. The lowest BCUT2D eigenvalue weighted by atomic mass is 10.1. The number of hydrogen-bond donors (Lipinski definition) is 1. The molecule has 0 radical (unpaired) electrons. The van der Waals surface area contributed by atoms with Crippen molar-refractivity contribution >= 4 is 39.3 Å². The minimum Gasteiger partial charge on any atom is -0.309 e. The second-order valence-corrected chi connectivity index (χ2v) is 6.06. The Bertz CT molecular complexity index is 737. The number of hydrogen-bond acceptors (Lipinski definition) is 4. The molecule has 1 atom stereocenters. The predicted octanol–water partition coefficient (Wildman–Crippen LogP) is 4.09. The van der Waals surface area contributed by atoms with Gasteiger partial charge in [-0.3, -0.25) is 9.48 Å². The molecule has 11 heteroatoms. The fourth-order valence-electron chi connectivity index (χ4n) is 1.99. The molecule has 0 spiro atoms. The molecule has 0 aliphatic carbocycles. The Morgan fingerprint density at radius 3 is 2.71 bits per heavy atom. The first kappa shape index (κ1) is 18.7. The smallest absolute Gasteiger partial charge is 0.309 e. The number of amides is 1. The van der Waals surface area contributed by atoms with Crippen molar-refractivity contribution in [2.75, 3.05) is 5.32 Å². The summed E-state index contributed by atoms with van der Waals surface area (Å²) >= 11 is 8.53. The van der Waals surface area contributed by atoms with Crippen LogP contribution in [0.1, 0.15) is 31.5 Å². The molecule has 2 heterocycles. The topological polar surface area (TPSA) is 72.7 Å². The maximum Gasteiger partial charge on any atom is 0.436 e. The van der Waals surface area contributed by atoms with E-state index in [1.165, 1.54) is 12.4 Å². The molecule has 1 unspecified atom stereocenters. The van der Waals surface area contributed by atoms with E-state index in [-0.39, 0.29) is 15.4 Å². The van der Waals surface area contributed by atoms with Gasteiger partial charge in [0.2, 0.25) is 5.91 Å². The van der Waals surface area contributed by atoms with Crippen molar-refractivity contribution < 1.29 is 18.0 Å². The number of carbonyl (C=O) groups is 1. The molecular weight excluding hydrogens is 415 g/mol. The number of carbonyl (C=O) groups excluding carboxylic acids is 1. The lowest BCUT2D eigenvalue weighted by Gasteiger charge is -2.16. The second kappa shape index (κ2) is 7.47. The third-order valence-corrected chi connectivity index (χ3v) is 3.81. The summed E-state index contributed by atoms with van der Waals surface area (Å²) < 4.78 is 39.4. The number of anilines is 1. The number of rotatable bonds is 5. The van der Waals surface area contributed by atoms with Gasteiger partial charge in [0, 0.05) is 12.3 Å². The van der Waals surface area contributed by atoms with Crippen LogP contribution >= 0.6 is 27.5 Å². The van der Waals surface area contributed by atoms with Gasteiger partial charge in [0.05, 0.1) is 4.47 Å². The molecule has 0 saturated carbocycles. The van der Waals surface area contributed by atoms with E-state index in [0.717, 1.165) is 10.9 Å². The van der Waals surface area contributed by atoms with Crippen LogP contribution in [0, 0.1) is 0 Å². The van der Waals surface area contributed by atoms with E-state index in [1.54, 1.807) is 0 Å². The Kier molecular flexibility index (Phi) is 5.81. The monoisotopic (exact) mass is 425 g/mol. The van der Waals surface area contributed by atoms with Crippen LogP contribution in [0.15, 0.2) is 23.1 Å². The van der Waals surface area contributed by atoms with Gasteiger partial charge in [0.1, 0.15) is 23.3 Å². The minimum atomic E-state index is -4.61. The van der Waals surface area contributed by atoms with Crippen molar-refractivity contribution in [1.82, 2.24) is 19.7 Å². The maximum atomic E-state index is 12.9. The first-order valence-corrected chi connectivity index (χ1v) is 7.99. The molecule has 24 heavy (non-hydrogen) atoms. The Labute approximate surface area is 148 Å². The maximum absolute atomic E-state index is 12.9. The van der Waals surface area contributed by atoms with Gasteiger partial charge < -0.3 is 5.32 Å². The summed E-state index contributed by atoms with van der Waals surface area (Å²) in [6.07, 6.45) is -1.44. The van der Waals surface area contributed by atoms with Gasteiger partial charge in [-0.2, -0.15) is 18.3 Å². The summed E-state index contributed by atoms with van der Waals surface area (Å²) in [5, 5.41) is 6.14. The third-order valence-electron chi connectivity index (χ3n) is 3.02. The van der Waals surface area contributed by atoms with Crippen LogP contribution in [0.25, 0.3) is 0 Å². The van der Waals surface area contributed by atoms with Crippen LogP contribution in [0.3, 0.4) is 0 Å². The second-order valence-electron chi connectivity index (χ2n) is 4.82.